The summed E-state index contributed by atoms with van der Waals surface area (Å²) in [4.78, 5) is 13.8. The molecule has 1 saturated heterocycles. The van der Waals surface area contributed by atoms with Gasteiger partial charge in [0.1, 0.15) is 0 Å². The largest absolute Gasteiger partial charge is 0.393 e. The Morgan fingerprint density at radius 2 is 2.12 bits per heavy atom. The van der Waals surface area contributed by atoms with Gasteiger partial charge >= 0.3 is 0 Å². The van der Waals surface area contributed by atoms with Crippen LogP contribution in [0.25, 0.3) is 0 Å². The second-order valence-corrected chi connectivity index (χ2v) is 6.10. The van der Waals surface area contributed by atoms with Gasteiger partial charge in [-0.05, 0) is 33.1 Å². The van der Waals surface area contributed by atoms with E-state index in [1.54, 1.807) is 0 Å². The first kappa shape index (κ1) is 14.5. The molecule has 2 N–H and O–H groups in total. The minimum Gasteiger partial charge on any atom is -0.393 e. The summed E-state index contributed by atoms with van der Waals surface area (Å²) in [5.41, 5.74) is 0.0612. The van der Waals surface area contributed by atoms with Crippen molar-refractivity contribution >= 4 is 5.91 Å². The predicted molar refractivity (Wildman–Crippen MR) is 68.7 cm³/mol. The van der Waals surface area contributed by atoms with Crippen molar-refractivity contribution in [3.8, 4) is 0 Å². The molecule has 0 bridgehead atoms. The van der Waals surface area contributed by atoms with Gasteiger partial charge in [0.25, 0.3) is 0 Å². The Bertz CT molecular complexity index is 261. The number of hydrogen-bond acceptors (Lipinski definition) is 3. The van der Waals surface area contributed by atoms with E-state index in [9.17, 15) is 9.90 Å². The van der Waals surface area contributed by atoms with Crippen LogP contribution in [0.3, 0.4) is 0 Å². The highest BCUT2D eigenvalue weighted by Crippen LogP contribution is 2.17. The van der Waals surface area contributed by atoms with Crippen molar-refractivity contribution in [3.05, 3.63) is 0 Å². The van der Waals surface area contributed by atoms with Crippen LogP contribution in [-0.2, 0) is 4.79 Å². The second-order valence-electron chi connectivity index (χ2n) is 6.10. The van der Waals surface area contributed by atoms with Gasteiger partial charge in [-0.3, -0.25) is 4.79 Å². The number of amides is 1. The first-order valence-corrected chi connectivity index (χ1v) is 6.50. The molecule has 0 spiro atoms. The molecule has 1 fully saturated rings. The normalized spacial score (nSPS) is 26.1. The van der Waals surface area contributed by atoms with E-state index in [4.69, 9.17) is 0 Å². The van der Waals surface area contributed by atoms with Gasteiger partial charge in [-0.25, -0.2) is 0 Å². The molecule has 0 aromatic heterocycles. The summed E-state index contributed by atoms with van der Waals surface area (Å²) in [6, 6.07) is 0. The number of carbonyl (C=O) groups is 1. The van der Waals surface area contributed by atoms with Gasteiger partial charge in [0, 0.05) is 31.6 Å². The lowest BCUT2D eigenvalue weighted by molar-refractivity contribution is -0.134. The fraction of sp³-hybridized carbons (Fsp3) is 0.923. The molecule has 0 aromatic carbocycles. The van der Waals surface area contributed by atoms with Crippen LogP contribution >= 0.6 is 0 Å². The van der Waals surface area contributed by atoms with E-state index in [-0.39, 0.29) is 23.5 Å². The second kappa shape index (κ2) is 5.83. The molecule has 1 aliphatic heterocycles. The van der Waals surface area contributed by atoms with E-state index in [2.05, 4.69) is 26.1 Å². The van der Waals surface area contributed by atoms with Gasteiger partial charge < -0.3 is 15.3 Å². The third-order valence-corrected chi connectivity index (χ3v) is 3.21. The molecule has 2 unspecified atom stereocenters. The van der Waals surface area contributed by atoms with Gasteiger partial charge in [-0.1, -0.05) is 6.92 Å². The Morgan fingerprint density at radius 3 is 2.65 bits per heavy atom. The Balaban J connectivity index is 2.29. The zero-order chi connectivity index (χ0) is 13.1. The topological polar surface area (TPSA) is 52.6 Å². The number of piperidine rings is 1. The van der Waals surface area contributed by atoms with Crippen LogP contribution in [0.2, 0.25) is 0 Å². The first-order valence-electron chi connectivity index (χ1n) is 6.50. The molecule has 1 heterocycles. The number of rotatable bonds is 3. The number of carbonyl (C=O) groups excluding carboxylic acids is 1. The summed E-state index contributed by atoms with van der Waals surface area (Å²) in [6.45, 7) is 10.4. The summed E-state index contributed by atoms with van der Waals surface area (Å²) in [5.74, 6) is 0.392. The maximum absolute atomic E-state index is 11.9. The number of aliphatic hydroxyl groups is 1. The van der Waals surface area contributed by atoms with Crippen molar-refractivity contribution in [3.63, 3.8) is 0 Å². The number of nitrogens with one attached hydrogen (secondary N) is 1. The minimum atomic E-state index is -0.244. The third kappa shape index (κ3) is 5.04. The summed E-state index contributed by atoms with van der Waals surface area (Å²) in [5, 5.41) is 12.9. The standard InChI is InChI=1S/C13H26N2O2/c1-10-9-15(8-6-11(10)16)12(17)5-7-14-13(2,3)4/h10-11,14,16H,5-9H2,1-4H3. The van der Waals surface area contributed by atoms with Crippen LogP contribution in [0.4, 0.5) is 0 Å². The zero-order valence-corrected chi connectivity index (χ0v) is 11.5. The van der Waals surface area contributed by atoms with E-state index in [1.165, 1.54) is 0 Å². The molecule has 0 aliphatic carbocycles. The van der Waals surface area contributed by atoms with Crippen LogP contribution < -0.4 is 5.32 Å². The Hall–Kier alpha value is -0.610. The maximum atomic E-state index is 11.9. The lowest BCUT2D eigenvalue weighted by Crippen LogP contribution is -2.46. The third-order valence-electron chi connectivity index (χ3n) is 3.21. The van der Waals surface area contributed by atoms with Crippen LogP contribution in [0.15, 0.2) is 0 Å². The zero-order valence-electron chi connectivity index (χ0n) is 11.5. The smallest absolute Gasteiger partial charge is 0.223 e. The lowest BCUT2D eigenvalue weighted by atomic mass is 9.96. The summed E-state index contributed by atoms with van der Waals surface area (Å²) >= 11 is 0. The number of nitrogens with zero attached hydrogens (tertiary/aromatic N) is 1. The molecule has 1 aliphatic rings. The van der Waals surface area contributed by atoms with Crippen molar-refractivity contribution in [1.82, 2.24) is 10.2 Å². The average Bonchev–Trinajstić information content (AvgIpc) is 2.20. The van der Waals surface area contributed by atoms with Crippen molar-refractivity contribution in [2.45, 2.75) is 52.2 Å². The molecule has 0 aromatic rings. The number of likely N-dealkylation sites (tertiary alicyclic amines) is 1. The van der Waals surface area contributed by atoms with Gasteiger partial charge in [0.2, 0.25) is 5.91 Å². The van der Waals surface area contributed by atoms with Crippen molar-refractivity contribution in [2.24, 2.45) is 5.92 Å². The predicted octanol–water partition coefficient (Wildman–Crippen LogP) is 0.994. The maximum Gasteiger partial charge on any atom is 0.223 e. The Kier molecular flexibility index (Phi) is 4.95. The molecule has 0 saturated carbocycles. The molecular weight excluding hydrogens is 216 g/mol. The van der Waals surface area contributed by atoms with E-state index < -0.39 is 0 Å². The molecule has 100 valence electrons. The van der Waals surface area contributed by atoms with Crippen molar-refractivity contribution < 1.29 is 9.90 Å². The molecule has 17 heavy (non-hydrogen) atoms. The molecular formula is C13H26N2O2. The SMILES string of the molecule is CC1CN(C(=O)CCNC(C)(C)C)CCC1O. The molecule has 1 rings (SSSR count). The Labute approximate surface area is 104 Å². The van der Waals surface area contributed by atoms with Gasteiger partial charge in [-0.2, -0.15) is 0 Å². The van der Waals surface area contributed by atoms with Crippen molar-refractivity contribution in [2.75, 3.05) is 19.6 Å². The summed E-state index contributed by atoms with van der Waals surface area (Å²) in [7, 11) is 0. The quantitative estimate of drug-likeness (QED) is 0.776. The summed E-state index contributed by atoms with van der Waals surface area (Å²) < 4.78 is 0. The van der Waals surface area contributed by atoms with Crippen LogP contribution in [0.5, 0.6) is 0 Å². The minimum absolute atomic E-state index is 0.0612. The van der Waals surface area contributed by atoms with Crippen LogP contribution in [-0.4, -0.2) is 47.2 Å². The monoisotopic (exact) mass is 242 g/mol. The van der Waals surface area contributed by atoms with Gasteiger partial charge in [-0.15, -0.1) is 0 Å². The lowest BCUT2D eigenvalue weighted by Gasteiger charge is -2.34. The average molecular weight is 242 g/mol. The molecule has 4 heteroatoms. The van der Waals surface area contributed by atoms with Crippen LogP contribution in [0, 0.1) is 5.92 Å². The fourth-order valence-electron chi connectivity index (χ4n) is 2.06. The highest BCUT2D eigenvalue weighted by Gasteiger charge is 2.26. The van der Waals surface area contributed by atoms with E-state index >= 15 is 0 Å². The fourth-order valence-corrected chi connectivity index (χ4v) is 2.06. The highest BCUT2D eigenvalue weighted by atomic mass is 16.3. The van der Waals surface area contributed by atoms with E-state index in [0.717, 1.165) is 6.54 Å². The molecule has 2 atom stereocenters. The molecule has 1 amide bonds. The van der Waals surface area contributed by atoms with Gasteiger partial charge in [0.15, 0.2) is 0 Å². The Morgan fingerprint density at radius 1 is 1.47 bits per heavy atom. The number of aliphatic hydroxyl groups excluding tert-OH is 1. The summed E-state index contributed by atoms with van der Waals surface area (Å²) in [6.07, 6.45) is 1.01. The van der Waals surface area contributed by atoms with Gasteiger partial charge in [0.05, 0.1) is 6.10 Å². The molecule has 0 radical (unpaired) electrons. The number of hydrogen-bond donors (Lipinski definition) is 2. The van der Waals surface area contributed by atoms with E-state index in [0.29, 0.717) is 25.9 Å². The van der Waals surface area contributed by atoms with Crippen LogP contribution in [0.1, 0.15) is 40.5 Å². The molecule has 4 nitrogen and oxygen atoms in total. The van der Waals surface area contributed by atoms with E-state index in [1.807, 2.05) is 11.8 Å². The van der Waals surface area contributed by atoms with Crippen molar-refractivity contribution in [1.29, 1.82) is 0 Å². The first-order chi connectivity index (χ1) is 7.79. The highest BCUT2D eigenvalue weighted by molar-refractivity contribution is 5.76.